The molecule has 0 radical (unpaired) electrons. The molecule has 1 aromatic heterocycles. The van der Waals surface area contributed by atoms with E-state index in [4.69, 9.17) is 9.15 Å². The van der Waals surface area contributed by atoms with Gasteiger partial charge in [0.1, 0.15) is 5.75 Å². The fourth-order valence-corrected chi connectivity index (χ4v) is 3.42. The number of hydrogen-bond acceptors (Lipinski definition) is 4. The molecule has 27 heavy (non-hydrogen) atoms. The van der Waals surface area contributed by atoms with Crippen molar-refractivity contribution in [3.8, 4) is 5.75 Å². The third-order valence-electron chi connectivity index (χ3n) is 4.90. The Hall–Kier alpha value is -2.76. The number of rotatable bonds is 6. The van der Waals surface area contributed by atoms with E-state index in [9.17, 15) is 9.59 Å². The van der Waals surface area contributed by atoms with E-state index in [0.29, 0.717) is 31.3 Å². The first-order chi connectivity index (χ1) is 13.0. The molecule has 0 spiro atoms. The molecule has 1 fully saturated rings. The SMILES string of the molecule is COc1ccc([C@@H]2CN(C(=O)c3ccco3)C[C@H]2C(=O)NCC(C)C)cc1. The van der Waals surface area contributed by atoms with E-state index in [0.717, 1.165) is 11.3 Å². The second-order valence-corrected chi connectivity index (χ2v) is 7.31. The molecule has 144 valence electrons. The molecule has 0 aliphatic carbocycles. The van der Waals surface area contributed by atoms with Crippen LogP contribution in [-0.2, 0) is 4.79 Å². The lowest BCUT2D eigenvalue weighted by Crippen LogP contribution is -2.37. The standard InChI is InChI=1S/C21H26N2O4/c1-14(2)11-22-20(24)18-13-23(21(25)19-5-4-10-27-19)12-17(18)15-6-8-16(26-3)9-7-15/h4-10,14,17-18H,11-13H2,1-3H3,(H,22,24)/t17-,18+/m0/s1. The molecule has 1 aliphatic rings. The van der Waals surface area contributed by atoms with Crippen LogP contribution >= 0.6 is 0 Å². The van der Waals surface area contributed by atoms with Crippen molar-refractivity contribution >= 4 is 11.8 Å². The zero-order chi connectivity index (χ0) is 19.4. The molecule has 3 rings (SSSR count). The molecule has 2 atom stereocenters. The lowest BCUT2D eigenvalue weighted by Gasteiger charge is -2.19. The van der Waals surface area contributed by atoms with Gasteiger partial charge < -0.3 is 19.4 Å². The highest BCUT2D eigenvalue weighted by atomic mass is 16.5. The summed E-state index contributed by atoms with van der Waals surface area (Å²) in [6.45, 7) is 5.59. The van der Waals surface area contributed by atoms with Crippen LogP contribution in [0.3, 0.4) is 0 Å². The van der Waals surface area contributed by atoms with E-state index >= 15 is 0 Å². The molecule has 1 N–H and O–H groups in total. The molecule has 6 nitrogen and oxygen atoms in total. The number of likely N-dealkylation sites (tertiary alicyclic amines) is 1. The van der Waals surface area contributed by atoms with Gasteiger partial charge in [0.2, 0.25) is 5.91 Å². The maximum Gasteiger partial charge on any atom is 0.289 e. The molecular formula is C21H26N2O4. The number of amides is 2. The molecular weight excluding hydrogens is 344 g/mol. The van der Waals surface area contributed by atoms with Gasteiger partial charge in [-0.3, -0.25) is 9.59 Å². The molecule has 2 amide bonds. The molecule has 1 saturated heterocycles. The van der Waals surface area contributed by atoms with Gasteiger partial charge in [-0.05, 0) is 35.7 Å². The van der Waals surface area contributed by atoms with Crippen LogP contribution in [0.1, 0.15) is 35.9 Å². The summed E-state index contributed by atoms with van der Waals surface area (Å²) in [6.07, 6.45) is 1.48. The van der Waals surface area contributed by atoms with Gasteiger partial charge in [-0.25, -0.2) is 0 Å². The van der Waals surface area contributed by atoms with Crippen LogP contribution in [0, 0.1) is 11.8 Å². The number of methoxy groups -OCH3 is 1. The lowest BCUT2D eigenvalue weighted by atomic mass is 9.88. The van der Waals surface area contributed by atoms with Gasteiger partial charge in [0.25, 0.3) is 5.91 Å². The molecule has 1 aromatic carbocycles. The topological polar surface area (TPSA) is 71.8 Å². The highest BCUT2D eigenvalue weighted by Gasteiger charge is 2.41. The first-order valence-electron chi connectivity index (χ1n) is 9.24. The van der Waals surface area contributed by atoms with Crippen molar-refractivity contribution in [1.82, 2.24) is 10.2 Å². The maximum atomic E-state index is 12.8. The normalized spacial score (nSPS) is 19.3. The highest BCUT2D eigenvalue weighted by molar-refractivity contribution is 5.92. The fraction of sp³-hybridized carbons (Fsp3) is 0.429. The van der Waals surface area contributed by atoms with Crippen LogP contribution in [0.5, 0.6) is 5.75 Å². The number of carbonyl (C=O) groups is 2. The van der Waals surface area contributed by atoms with Crippen LogP contribution < -0.4 is 10.1 Å². The second-order valence-electron chi connectivity index (χ2n) is 7.31. The van der Waals surface area contributed by atoms with Crippen LogP contribution in [-0.4, -0.2) is 43.5 Å². The van der Waals surface area contributed by atoms with Crippen LogP contribution in [0.25, 0.3) is 0 Å². The van der Waals surface area contributed by atoms with Gasteiger partial charge in [0.15, 0.2) is 5.76 Å². The monoisotopic (exact) mass is 370 g/mol. The van der Waals surface area contributed by atoms with Crippen molar-refractivity contribution in [1.29, 1.82) is 0 Å². The number of nitrogens with zero attached hydrogens (tertiary/aromatic N) is 1. The van der Waals surface area contributed by atoms with Crippen molar-refractivity contribution in [2.75, 3.05) is 26.7 Å². The minimum atomic E-state index is -0.295. The predicted octanol–water partition coefficient (Wildman–Crippen LogP) is 2.92. The van der Waals surface area contributed by atoms with Crippen molar-refractivity contribution in [2.45, 2.75) is 19.8 Å². The number of nitrogens with one attached hydrogen (secondary N) is 1. The average molecular weight is 370 g/mol. The molecule has 6 heteroatoms. The Morgan fingerprint density at radius 3 is 2.56 bits per heavy atom. The van der Waals surface area contributed by atoms with E-state index in [1.54, 1.807) is 24.1 Å². The Kier molecular flexibility index (Phi) is 5.84. The minimum absolute atomic E-state index is 0.0146. The number of ether oxygens (including phenoxy) is 1. The molecule has 0 saturated carbocycles. The molecule has 0 bridgehead atoms. The summed E-state index contributed by atoms with van der Waals surface area (Å²) in [6, 6.07) is 11.0. The van der Waals surface area contributed by atoms with E-state index < -0.39 is 0 Å². The van der Waals surface area contributed by atoms with Gasteiger partial charge in [0.05, 0.1) is 19.3 Å². The molecule has 2 aromatic rings. The largest absolute Gasteiger partial charge is 0.497 e. The maximum absolute atomic E-state index is 12.8. The van der Waals surface area contributed by atoms with Gasteiger partial charge in [-0.2, -0.15) is 0 Å². The first kappa shape index (κ1) is 19.0. The second kappa shape index (κ2) is 8.29. The summed E-state index contributed by atoms with van der Waals surface area (Å²) >= 11 is 0. The fourth-order valence-electron chi connectivity index (χ4n) is 3.42. The summed E-state index contributed by atoms with van der Waals surface area (Å²) in [5.41, 5.74) is 1.02. The van der Waals surface area contributed by atoms with Crippen molar-refractivity contribution in [2.24, 2.45) is 11.8 Å². The van der Waals surface area contributed by atoms with Crippen LogP contribution in [0.4, 0.5) is 0 Å². The summed E-state index contributed by atoms with van der Waals surface area (Å²) in [4.78, 5) is 27.2. The first-order valence-corrected chi connectivity index (χ1v) is 9.24. The van der Waals surface area contributed by atoms with Crippen LogP contribution in [0.15, 0.2) is 47.1 Å². The van der Waals surface area contributed by atoms with Gasteiger partial charge in [-0.15, -0.1) is 0 Å². The third-order valence-corrected chi connectivity index (χ3v) is 4.90. The Balaban J connectivity index is 1.81. The summed E-state index contributed by atoms with van der Waals surface area (Å²) in [5.74, 6) is 0.874. The van der Waals surface area contributed by atoms with E-state index in [2.05, 4.69) is 19.2 Å². The van der Waals surface area contributed by atoms with Crippen molar-refractivity contribution < 1.29 is 18.7 Å². The van der Waals surface area contributed by atoms with Gasteiger partial charge in [0, 0.05) is 25.6 Å². The molecule has 2 heterocycles. The van der Waals surface area contributed by atoms with Crippen molar-refractivity contribution in [3.05, 3.63) is 54.0 Å². The van der Waals surface area contributed by atoms with E-state index in [-0.39, 0.29) is 23.7 Å². The third kappa shape index (κ3) is 4.32. The van der Waals surface area contributed by atoms with Gasteiger partial charge >= 0.3 is 0 Å². The summed E-state index contributed by atoms with van der Waals surface area (Å²) in [7, 11) is 1.62. The minimum Gasteiger partial charge on any atom is -0.497 e. The summed E-state index contributed by atoms with van der Waals surface area (Å²) in [5, 5.41) is 3.02. The number of hydrogen-bond donors (Lipinski definition) is 1. The lowest BCUT2D eigenvalue weighted by molar-refractivity contribution is -0.125. The Labute approximate surface area is 159 Å². The molecule has 1 aliphatic heterocycles. The highest BCUT2D eigenvalue weighted by Crippen LogP contribution is 2.34. The predicted molar refractivity (Wildman–Crippen MR) is 102 cm³/mol. The summed E-state index contributed by atoms with van der Waals surface area (Å²) < 4.78 is 10.5. The quantitative estimate of drug-likeness (QED) is 0.849. The Morgan fingerprint density at radius 2 is 1.96 bits per heavy atom. The zero-order valence-corrected chi connectivity index (χ0v) is 16.0. The van der Waals surface area contributed by atoms with Crippen molar-refractivity contribution in [3.63, 3.8) is 0 Å². The smallest absolute Gasteiger partial charge is 0.289 e. The average Bonchev–Trinajstić information content (AvgIpc) is 3.35. The Morgan fingerprint density at radius 1 is 1.22 bits per heavy atom. The van der Waals surface area contributed by atoms with Gasteiger partial charge in [-0.1, -0.05) is 26.0 Å². The number of carbonyl (C=O) groups excluding carboxylic acids is 2. The zero-order valence-electron chi connectivity index (χ0n) is 16.0. The van der Waals surface area contributed by atoms with E-state index in [1.165, 1.54) is 6.26 Å². The number of benzene rings is 1. The van der Waals surface area contributed by atoms with E-state index in [1.807, 2.05) is 24.3 Å². The van der Waals surface area contributed by atoms with Crippen LogP contribution in [0.2, 0.25) is 0 Å². The molecule has 0 unspecified atom stereocenters. The number of furan rings is 1. The Bertz CT molecular complexity index is 768.